The first kappa shape index (κ1) is 18.3. The van der Waals surface area contributed by atoms with Crippen molar-refractivity contribution < 1.29 is 37.6 Å². The Kier molecular flexibility index (Phi) is 7.77. The Hall–Kier alpha value is -1.68. The minimum atomic E-state index is -4.27. The highest BCUT2D eigenvalue weighted by molar-refractivity contribution is 7.85. The number of aliphatic hydroxyl groups is 1. The average molecular weight is 307 g/mol. The molecular weight excluding hydrogens is 290 g/mol. The molecule has 0 unspecified atom stereocenters. The summed E-state index contributed by atoms with van der Waals surface area (Å²) in [6.07, 6.45) is -1.75. The molecule has 0 radical (unpaired) electrons. The van der Waals surface area contributed by atoms with Crippen molar-refractivity contribution >= 4 is 16.3 Å². The van der Waals surface area contributed by atoms with Crippen LogP contribution in [-0.2, 0) is 10.1 Å². The first-order chi connectivity index (χ1) is 9.16. The van der Waals surface area contributed by atoms with Crippen molar-refractivity contribution in [3.8, 4) is 5.75 Å². The van der Waals surface area contributed by atoms with Crippen LogP contribution in [0.3, 0.4) is 0 Å². The van der Waals surface area contributed by atoms with Gasteiger partial charge in [-0.05, 0) is 24.3 Å². The van der Waals surface area contributed by atoms with Gasteiger partial charge in [0.2, 0.25) is 0 Å². The van der Waals surface area contributed by atoms with Crippen molar-refractivity contribution in [1.29, 1.82) is 0 Å². The first-order valence-electron chi connectivity index (χ1n) is 5.53. The lowest BCUT2D eigenvalue weighted by Gasteiger charge is -2.07. The van der Waals surface area contributed by atoms with Crippen LogP contribution in [-0.4, -0.2) is 51.5 Å². The Morgan fingerprint density at radius 3 is 2.05 bits per heavy atom. The third-order valence-corrected chi connectivity index (χ3v) is 2.80. The van der Waals surface area contributed by atoms with Gasteiger partial charge in [0.1, 0.15) is 6.54 Å². The lowest BCUT2D eigenvalue weighted by Crippen LogP contribution is -3.06. The van der Waals surface area contributed by atoms with Gasteiger partial charge in [-0.25, -0.2) is 0 Å². The third kappa shape index (κ3) is 8.43. The summed E-state index contributed by atoms with van der Waals surface area (Å²) in [4.78, 5) is 10.9. The highest BCUT2D eigenvalue weighted by Crippen LogP contribution is 2.15. The van der Waals surface area contributed by atoms with Crippen LogP contribution in [0.25, 0.3) is 0 Å². The van der Waals surface area contributed by atoms with Crippen LogP contribution in [0.15, 0.2) is 29.2 Å². The number of carbonyl (C=O) groups is 1. The van der Waals surface area contributed by atoms with Crippen LogP contribution in [0.2, 0.25) is 0 Å². The predicted molar refractivity (Wildman–Crippen MR) is 67.0 cm³/mol. The number of carboxylic acid groups (broad SMARTS) is 1. The largest absolute Gasteiger partial charge is 0.514 e. The molecule has 0 saturated heterocycles. The zero-order chi connectivity index (χ0) is 15.8. The molecule has 20 heavy (non-hydrogen) atoms. The molecule has 0 heterocycles. The summed E-state index contributed by atoms with van der Waals surface area (Å²) < 4.78 is 33.8. The zero-order valence-corrected chi connectivity index (χ0v) is 11.9. The Balaban J connectivity index is 0.000000511. The fourth-order valence-corrected chi connectivity index (χ4v) is 1.48. The van der Waals surface area contributed by atoms with Crippen LogP contribution in [0.5, 0.6) is 5.75 Å². The SMILES string of the molecule is C[NH+](C)CCO.O=C([O-])Oc1ccc(S(=O)(=O)O)cc1. The maximum atomic E-state index is 10.6. The third-order valence-electron chi connectivity index (χ3n) is 1.93. The zero-order valence-electron chi connectivity index (χ0n) is 11.1. The van der Waals surface area contributed by atoms with Gasteiger partial charge in [-0.3, -0.25) is 4.55 Å². The second-order valence-electron chi connectivity index (χ2n) is 3.98. The summed E-state index contributed by atoms with van der Waals surface area (Å²) >= 11 is 0. The summed E-state index contributed by atoms with van der Waals surface area (Å²) in [6.45, 7) is 1.14. The normalized spacial score (nSPS) is 10.7. The van der Waals surface area contributed by atoms with E-state index in [2.05, 4.69) is 4.74 Å². The van der Waals surface area contributed by atoms with Crippen LogP contribution < -0.4 is 14.7 Å². The number of benzene rings is 1. The van der Waals surface area contributed by atoms with Gasteiger partial charge in [-0.15, -0.1) is 0 Å². The van der Waals surface area contributed by atoms with Crippen molar-refractivity contribution in [1.82, 2.24) is 0 Å². The van der Waals surface area contributed by atoms with Gasteiger partial charge in [0.25, 0.3) is 16.3 Å². The molecule has 0 saturated carbocycles. The number of hydrogen-bond acceptors (Lipinski definition) is 6. The number of nitrogens with one attached hydrogen (secondary N) is 1. The van der Waals surface area contributed by atoms with E-state index < -0.39 is 16.3 Å². The maximum Gasteiger partial charge on any atom is 0.294 e. The number of quaternary nitrogens is 1. The molecule has 0 aliphatic rings. The molecule has 0 spiro atoms. The van der Waals surface area contributed by atoms with Crippen molar-refractivity contribution in [2.24, 2.45) is 0 Å². The van der Waals surface area contributed by atoms with E-state index in [-0.39, 0.29) is 10.6 Å². The lowest BCUT2D eigenvalue weighted by molar-refractivity contribution is -0.858. The molecule has 1 aromatic carbocycles. The molecule has 0 amide bonds. The van der Waals surface area contributed by atoms with E-state index >= 15 is 0 Å². The van der Waals surface area contributed by atoms with E-state index in [1.54, 1.807) is 0 Å². The van der Waals surface area contributed by atoms with E-state index in [9.17, 15) is 18.3 Å². The molecule has 114 valence electrons. The Bertz CT molecular complexity index is 510. The summed E-state index contributed by atoms with van der Waals surface area (Å²) in [6, 6.07) is 4.18. The standard InChI is InChI=1S/C7H6O6S.C4H11NO/c8-7(9)13-5-1-3-6(4-2-5)14(10,11)12;1-5(2)3-4-6/h1-4H,(H,8,9)(H,10,11,12);6H,3-4H2,1-2H3. The quantitative estimate of drug-likeness (QED) is 0.326. The molecule has 1 aromatic rings. The predicted octanol–water partition coefficient (Wildman–Crippen LogP) is -2.22. The fraction of sp³-hybridized carbons (Fsp3) is 0.364. The van der Waals surface area contributed by atoms with Crippen LogP contribution in [0.4, 0.5) is 4.79 Å². The second-order valence-corrected chi connectivity index (χ2v) is 5.40. The Morgan fingerprint density at radius 2 is 1.80 bits per heavy atom. The molecule has 9 heteroatoms. The molecule has 1 rings (SSSR count). The number of likely N-dealkylation sites (N-methyl/N-ethyl adjacent to an activating group) is 1. The van der Waals surface area contributed by atoms with E-state index in [0.29, 0.717) is 6.61 Å². The van der Waals surface area contributed by atoms with Crippen molar-refractivity contribution in [2.45, 2.75) is 4.90 Å². The van der Waals surface area contributed by atoms with Gasteiger partial charge in [-0.1, -0.05) is 0 Å². The van der Waals surface area contributed by atoms with Crippen LogP contribution >= 0.6 is 0 Å². The average Bonchev–Trinajstić information content (AvgIpc) is 2.28. The van der Waals surface area contributed by atoms with Crippen molar-refractivity contribution in [2.75, 3.05) is 27.2 Å². The van der Waals surface area contributed by atoms with Crippen LogP contribution in [0, 0.1) is 0 Å². The van der Waals surface area contributed by atoms with E-state index in [1.165, 1.54) is 4.90 Å². The van der Waals surface area contributed by atoms with Gasteiger partial charge >= 0.3 is 0 Å². The highest BCUT2D eigenvalue weighted by Gasteiger charge is 2.07. The number of rotatable bonds is 4. The Morgan fingerprint density at radius 1 is 1.30 bits per heavy atom. The van der Waals surface area contributed by atoms with Crippen LogP contribution in [0.1, 0.15) is 0 Å². The van der Waals surface area contributed by atoms with E-state index in [0.717, 1.165) is 30.8 Å². The second kappa shape index (κ2) is 8.48. The smallest absolute Gasteiger partial charge is 0.294 e. The molecule has 0 fully saturated rings. The topological polar surface area (TPSA) is 128 Å². The minimum absolute atomic E-state index is 0.0857. The molecule has 0 aromatic heterocycles. The minimum Gasteiger partial charge on any atom is -0.514 e. The Labute approximate surface area is 117 Å². The molecule has 8 nitrogen and oxygen atoms in total. The first-order valence-corrected chi connectivity index (χ1v) is 6.97. The van der Waals surface area contributed by atoms with Gasteiger partial charge in [0.05, 0.1) is 31.3 Å². The fourth-order valence-electron chi connectivity index (χ4n) is 0.999. The molecular formula is C11H17NO7S. The van der Waals surface area contributed by atoms with Gasteiger partial charge in [0.15, 0.2) is 0 Å². The van der Waals surface area contributed by atoms with Gasteiger partial charge in [-0.2, -0.15) is 8.42 Å². The van der Waals surface area contributed by atoms with E-state index in [1.807, 2.05) is 14.1 Å². The molecule has 0 aliphatic heterocycles. The number of aliphatic hydroxyl groups excluding tert-OH is 1. The number of carbonyl (C=O) groups excluding carboxylic acids is 1. The maximum absolute atomic E-state index is 10.6. The summed E-state index contributed by atoms with van der Waals surface area (Å²) in [7, 11) is -0.246. The molecule has 0 aliphatic carbocycles. The highest BCUT2D eigenvalue weighted by atomic mass is 32.2. The number of ether oxygens (including phenoxy) is 1. The summed E-state index contributed by atoms with van der Waals surface area (Å²) in [5, 5.41) is 18.2. The molecule has 0 bridgehead atoms. The van der Waals surface area contributed by atoms with Gasteiger partial charge < -0.3 is 24.6 Å². The monoisotopic (exact) mass is 307 g/mol. The van der Waals surface area contributed by atoms with Crippen molar-refractivity contribution in [3.63, 3.8) is 0 Å². The molecule has 0 atom stereocenters. The molecule has 3 N–H and O–H groups in total. The lowest BCUT2D eigenvalue weighted by atomic mass is 10.3. The van der Waals surface area contributed by atoms with Crippen molar-refractivity contribution in [3.05, 3.63) is 24.3 Å². The van der Waals surface area contributed by atoms with E-state index in [4.69, 9.17) is 9.66 Å². The summed E-state index contributed by atoms with van der Waals surface area (Å²) in [5.74, 6) is -0.0857. The van der Waals surface area contributed by atoms with Gasteiger partial charge in [0, 0.05) is 0 Å². The summed E-state index contributed by atoms with van der Waals surface area (Å²) in [5.41, 5.74) is 0. The number of hydrogen-bond donors (Lipinski definition) is 3.